The van der Waals surface area contributed by atoms with Crippen molar-refractivity contribution in [2.75, 3.05) is 6.26 Å². The molecular weight excluding hydrogens is 260 g/mol. The molecule has 0 spiro atoms. The second kappa shape index (κ2) is 4.93. The first kappa shape index (κ1) is 15.0. The van der Waals surface area contributed by atoms with E-state index in [2.05, 4.69) is 4.72 Å². The number of halogens is 2. The van der Waals surface area contributed by atoms with Crippen molar-refractivity contribution in [3.8, 4) is 0 Å². The normalized spacial score (nSPS) is 14.6. The van der Waals surface area contributed by atoms with E-state index >= 15 is 0 Å². The van der Waals surface area contributed by atoms with Crippen molar-refractivity contribution in [2.24, 2.45) is 5.41 Å². The Morgan fingerprint density at radius 2 is 1.78 bits per heavy atom. The molecule has 0 radical (unpaired) electrons. The molecule has 1 aromatic carbocycles. The summed E-state index contributed by atoms with van der Waals surface area (Å²) >= 11 is 0. The molecule has 1 unspecified atom stereocenters. The van der Waals surface area contributed by atoms with E-state index in [4.69, 9.17) is 0 Å². The van der Waals surface area contributed by atoms with Crippen LogP contribution in [0.2, 0.25) is 0 Å². The van der Waals surface area contributed by atoms with Crippen molar-refractivity contribution in [1.29, 1.82) is 0 Å². The Labute approximate surface area is 106 Å². The fourth-order valence-corrected chi connectivity index (χ4v) is 2.57. The number of rotatable bonds is 3. The molecule has 18 heavy (non-hydrogen) atoms. The van der Waals surface area contributed by atoms with E-state index in [-0.39, 0.29) is 5.56 Å². The van der Waals surface area contributed by atoms with Gasteiger partial charge < -0.3 is 0 Å². The van der Waals surface area contributed by atoms with Gasteiger partial charge in [0.15, 0.2) is 0 Å². The zero-order chi connectivity index (χ0) is 14.1. The lowest BCUT2D eigenvalue weighted by atomic mass is 9.83. The van der Waals surface area contributed by atoms with Crippen LogP contribution in [0.5, 0.6) is 0 Å². The van der Waals surface area contributed by atoms with Crippen LogP contribution in [0.25, 0.3) is 0 Å². The van der Waals surface area contributed by atoms with E-state index in [9.17, 15) is 17.2 Å². The zero-order valence-corrected chi connectivity index (χ0v) is 11.6. The number of hydrogen-bond acceptors (Lipinski definition) is 2. The van der Waals surface area contributed by atoms with Crippen molar-refractivity contribution in [3.63, 3.8) is 0 Å². The van der Waals surface area contributed by atoms with Crippen LogP contribution in [0.3, 0.4) is 0 Å². The van der Waals surface area contributed by atoms with Gasteiger partial charge in [-0.3, -0.25) is 0 Å². The first-order chi connectivity index (χ1) is 8.00. The molecule has 6 heteroatoms. The molecule has 1 N–H and O–H groups in total. The van der Waals surface area contributed by atoms with E-state index in [1.807, 2.05) is 0 Å². The molecule has 0 amide bonds. The third-order valence-electron chi connectivity index (χ3n) is 2.47. The summed E-state index contributed by atoms with van der Waals surface area (Å²) in [6.45, 7) is 5.33. The van der Waals surface area contributed by atoms with Crippen LogP contribution in [-0.4, -0.2) is 14.7 Å². The average molecular weight is 277 g/mol. The van der Waals surface area contributed by atoms with Gasteiger partial charge >= 0.3 is 0 Å². The summed E-state index contributed by atoms with van der Waals surface area (Å²) in [6, 6.07) is 2.37. The van der Waals surface area contributed by atoms with Crippen LogP contribution >= 0.6 is 0 Å². The smallest absolute Gasteiger partial charge is 0.209 e. The molecule has 3 nitrogen and oxygen atoms in total. The SMILES string of the molecule is CC(C)(C)C(NS(C)(=O)=O)c1ccc(F)cc1F. The topological polar surface area (TPSA) is 46.2 Å². The molecule has 1 rings (SSSR count). The Morgan fingerprint density at radius 3 is 2.17 bits per heavy atom. The summed E-state index contributed by atoms with van der Waals surface area (Å²) in [4.78, 5) is 0. The summed E-state index contributed by atoms with van der Waals surface area (Å²) in [5.74, 6) is -1.45. The second-order valence-corrected chi connectivity index (χ2v) is 7.13. The van der Waals surface area contributed by atoms with Crippen molar-refractivity contribution in [2.45, 2.75) is 26.8 Å². The molecule has 0 saturated heterocycles. The Bertz CT molecular complexity index is 535. The summed E-state index contributed by atoms with van der Waals surface area (Å²) in [6.07, 6.45) is 1.01. The van der Waals surface area contributed by atoms with Gasteiger partial charge in [-0.25, -0.2) is 21.9 Å². The zero-order valence-electron chi connectivity index (χ0n) is 10.8. The monoisotopic (exact) mass is 277 g/mol. The minimum atomic E-state index is -3.49. The molecule has 0 aliphatic carbocycles. The minimum absolute atomic E-state index is 0.134. The quantitative estimate of drug-likeness (QED) is 0.923. The van der Waals surface area contributed by atoms with Crippen LogP contribution in [0, 0.1) is 17.0 Å². The Morgan fingerprint density at radius 1 is 1.22 bits per heavy atom. The van der Waals surface area contributed by atoms with E-state index < -0.39 is 33.1 Å². The standard InChI is InChI=1S/C12H17F2NO2S/c1-12(2,3)11(15-18(4,16)17)9-6-5-8(13)7-10(9)14/h5-7,11,15H,1-4H3. The Kier molecular flexibility index (Phi) is 4.12. The maximum atomic E-state index is 13.7. The Balaban J connectivity index is 3.27. The molecule has 0 aliphatic rings. The van der Waals surface area contributed by atoms with Crippen molar-refractivity contribution in [1.82, 2.24) is 4.72 Å². The van der Waals surface area contributed by atoms with Crippen LogP contribution < -0.4 is 4.72 Å². The summed E-state index contributed by atoms with van der Waals surface area (Å²) < 4.78 is 51.6. The van der Waals surface area contributed by atoms with Gasteiger partial charge in [0.05, 0.1) is 12.3 Å². The molecule has 0 fully saturated rings. The van der Waals surface area contributed by atoms with E-state index in [1.54, 1.807) is 20.8 Å². The highest BCUT2D eigenvalue weighted by Gasteiger charge is 2.31. The molecule has 0 aromatic heterocycles. The predicted molar refractivity (Wildman–Crippen MR) is 66.5 cm³/mol. The van der Waals surface area contributed by atoms with Crippen LogP contribution in [-0.2, 0) is 10.0 Å². The number of sulfonamides is 1. The highest BCUT2D eigenvalue weighted by atomic mass is 32.2. The average Bonchev–Trinajstić information content (AvgIpc) is 2.11. The maximum Gasteiger partial charge on any atom is 0.209 e. The summed E-state index contributed by atoms with van der Waals surface area (Å²) in [7, 11) is -3.49. The van der Waals surface area contributed by atoms with Gasteiger partial charge in [-0.1, -0.05) is 26.8 Å². The second-order valence-electron chi connectivity index (χ2n) is 5.35. The fourth-order valence-electron chi connectivity index (χ4n) is 1.66. The van der Waals surface area contributed by atoms with Gasteiger partial charge in [-0.15, -0.1) is 0 Å². The highest BCUT2D eigenvalue weighted by Crippen LogP contribution is 2.34. The van der Waals surface area contributed by atoms with Gasteiger partial charge in [0.25, 0.3) is 0 Å². The highest BCUT2D eigenvalue weighted by molar-refractivity contribution is 7.88. The van der Waals surface area contributed by atoms with Gasteiger partial charge in [0, 0.05) is 11.6 Å². The largest absolute Gasteiger partial charge is 0.213 e. The van der Waals surface area contributed by atoms with E-state index in [0.29, 0.717) is 0 Å². The van der Waals surface area contributed by atoms with Crippen LogP contribution in [0.15, 0.2) is 18.2 Å². The maximum absolute atomic E-state index is 13.7. The number of hydrogen-bond donors (Lipinski definition) is 1. The molecule has 0 aliphatic heterocycles. The van der Waals surface area contributed by atoms with Crippen molar-refractivity contribution < 1.29 is 17.2 Å². The lowest BCUT2D eigenvalue weighted by Gasteiger charge is -2.31. The first-order valence-corrected chi connectivity index (χ1v) is 7.32. The number of nitrogens with one attached hydrogen (secondary N) is 1. The van der Waals surface area contributed by atoms with Crippen molar-refractivity contribution >= 4 is 10.0 Å². The van der Waals surface area contributed by atoms with Gasteiger partial charge in [-0.05, 0) is 11.5 Å². The summed E-state index contributed by atoms with van der Waals surface area (Å²) in [5.41, 5.74) is -0.406. The fraction of sp³-hybridized carbons (Fsp3) is 0.500. The molecule has 0 bridgehead atoms. The van der Waals surface area contributed by atoms with Crippen LogP contribution in [0.1, 0.15) is 32.4 Å². The molecule has 1 atom stereocenters. The predicted octanol–water partition coefficient (Wildman–Crippen LogP) is 2.60. The third kappa shape index (κ3) is 4.03. The van der Waals surface area contributed by atoms with E-state index in [0.717, 1.165) is 18.4 Å². The van der Waals surface area contributed by atoms with Crippen molar-refractivity contribution in [3.05, 3.63) is 35.4 Å². The van der Waals surface area contributed by atoms with Gasteiger partial charge in [-0.2, -0.15) is 0 Å². The van der Waals surface area contributed by atoms with Gasteiger partial charge in [0.1, 0.15) is 11.6 Å². The van der Waals surface area contributed by atoms with E-state index in [1.165, 1.54) is 6.07 Å². The van der Waals surface area contributed by atoms with Crippen LogP contribution in [0.4, 0.5) is 8.78 Å². The molecule has 102 valence electrons. The molecule has 1 aromatic rings. The first-order valence-electron chi connectivity index (χ1n) is 5.43. The molecular formula is C12H17F2NO2S. The molecule has 0 saturated carbocycles. The summed E-state index contributed by atoms with van der Waals surface area (Å²) in [5, 5.41) is 0. The van der Waals surface area contributed by atoms with Gasteiger partial charge in [0.2, 0.25) is 10.0 Å². The lowest BCUT2D eigenvalue weighted by molar-refractivity contribution is 0.297. The Hall–Kier alpha value is -1.01. The number of benzene rings is 1. The molecule has 0 heterocycles. The third-order valence-corrected chi connectivity index (χ3v) is 3.14. The lowest BCUT2D eigenvalue weighted by Crippen LogP contribution is -2.36. The minimum Gasteiger partial charge on any atom is -0.213 e.